The van der Waals surface area contributed by atoms with Gasteiger partial charge in [-0.15, -0.1) is 29.8 Å². The standard InChI is InChI=1S/C8H8N.CH3.Rh/c1-9-7-8-5-3-2-4-6-8;;/h2-7H,1H2;1H3;/q2*-1;+2. The van der Waals surface area contributed by atoms with Crippen LogP contribution in [0.15, 0.2) is 35.3 Å². The van der Waals surface area contributed by atoms with Crippen molar-refractivity contribution in [3.05, 3.63) is 49.9 Å². The summed E-state index contributed by atoms with van der Waals surface area (Å²) >= 11 is 0. The van der Waals surface area contributed by atoms with E-state index in [2.05, 4.69) is 11.7 Å². The van der Waals surface area contributed by atoms with E-state index in [1.807, 2.05) is 30.3 Å². The predicted octanol–water partition coefficient (Wildman–Crippen LogP) is 2.34. The molecule has 0 fully saturated rings. The van der Waals surface area contributed by atoms with Crippen LogP contribution < -0.4 is 0 Å². The molecule has 0 aliphatic heterocycles. The number of nitrogens with zero attached hydrogens (tertiary/aromatic N) is 1. The fraction of sp³-hybridized carbons (Fsp3) is 0. The van der Waals surface area contributed by atoms with Crippen molar-refractivity contribution >= 4 is 6.72 Å². The fourth-order valence-corrected chi connectivity index (χ4v) is 0.645. The fourth-order valence-electron chi connectivity index (χ4n) is 0.645. The van der Waals surface area contributed by atoms with Gasteiger partial charge in [-0.05, 0) is 0 Å². The topological polar surface area (TPSA) is 12.4 Å². The van der Waals surface area contributed by atoms with E-state index in [1.54, 1.807) is 6.54 Å². The summed E-state index contributed by atoms with van der Waals surface area (Å²) in [5.74, 6) is 0. The molecule has 61 valence electrons. The molecule has 0 spiro atoms. The molecule has 0 N–H and O–H groups in total. The molecular weight excluding hydrogens is 225 g/mol. The van der Waals surface area contributed by atoms with Crippen LogP contribution in [0, 0.1) is 14.0 Å². The number of aliphatic imine (C=N–C) groups is 1. The van der Waals surface area contributed by atoms with Gasteiger partial charge in [-0.25, -0.2) is 0 Å². The van der Waals surface area contributed by atoms with Crippen molar-refractivity contribution in [2.75, 3.05) is 0 Å². The number of hydrogen-bond donors (Lipinski definition) is 0. The first-order valence-electron chi connectivity index (χ1n) is 2.77. The van der Waals surface area contributed by atoms with Gasteiger partial charge in [-0.2, -0.15) is 0 Å². The molecule has 1 nitrogen and oxygen atoms in total. The van der Waals surface area contributed by atoms with Crippen LogP contribution in [0.5, 0.6) is 0 Å². The maximum atomic E-state index is 3.63. The second-order valence-electron chi connectivity index (χ2n) is 1.72. The third-order valence-corrected chi connectivity index (χ3v) is 1.04. The minimum absolute atomic E-state index is 0. The molecule has 2 heteroatoms. The molecule has 0 heterocycles. The summed E-state index contributed by atoms with van der Waals surface area (Å²) in [6, 6.07) is 9.87. The van der Waals surface area contributed by atoms with E-state index < -0.39 is 0 Å². The Kier molecular flexibility index (Phi) is 8.86. The largest absolute Gasteiger partial charge is 2.00 e. The molecule has 1 radical (unpaired) electrons. The van der Waals surface area contributed by atoms with E-state index in [1.165, 1.54) is 0 Å². The molecule has 0 amide bonds. The maximum Gasteiger partial charge on any atom is 2.00 e. The van der Waals surface area contributed by atoms with Gasteiger partial charge in [0.15, 0.2) is 0 Å². The van der Waals surface area contributed by atoms with E-state index in [0.29, 0.717) is 0 Å². The summed E-state index contributed by atoms with van der Waals surface area (Å²) < 4.78 is 0. The van der Waals surface area contributed by atoms with Crippen molar-refractivity contribution in [3.8, 4) is 0 Å². The Morgan fingerprint density at radius 3 is 2.18 bits per heavy atom. The molecule has 0 saturated carbocycles. The Bertz CT molecular complexity index is 184. The number of hydrogen-bond acceptors (Lipinski definition) is 1. The Morgan fingerprint density at radius 1 is 1.18 bits per heavy atom. The van der Waals surface area contributed by atoms with Crippen molar-refractivity contribution in [3.63, 3.8) is 0 Å². The first-order valence-corrected chi connectivity index (χ1v) is 2.77. The smallest absolute Gasteiger partial charge is 0.367 e. The number of rotatable bonds is 2. The second kappa shape index (κ2) is 7.49. The average molecular weight is 236 g/mol. The van der Waals surface area contributed by atoms with Crippen molar-refractivity contribution in [1.29, 1.82) is 0 Å². The van der Waals surface area contributed by atoms with Crippen molar-refractivity contribution in [1.82, 2.24) is 0 Å². The first-order chi connectivity index (χ1) is 4.43. The quantitative estimate of drug-likeness (QED) is 0.424. The van der Waals surface area contributed by atoms with Gasteiger partial charge in [-0.1, -0.05) is 19.3 Å². The maximum absolute atomic E-state index is 3.63. The summed E-state index contributed by atoms with van der Waals surface area (Å²) in [6.45, 7) is 5.07. The molecule has 1 aromatic rings. The Labute approximate surface area is 81.3 Å². The zero-order chi connectivity index (χ0) is 6.53. The van der Waals surface area contributed by atoms with Gasteiger partial charge >= 0.3 is 19.5 Å². The first kappa shape index (κ1) is 13.0. The van der Waals surface area contributed by atoms with Gasteiger partial charge in [-0.3, -0.25) is 0 Å². The van der Waals surface area contributed by atoms with Crippen molar-refractivity contribution < 1.29 is 19.5 Å². The molecule has 0 bridgehead atoms. The van der Waals surface area contributed by atoms with Gasteiger partial charge in [0.2, 0.25) is 0 Å². The Balaban J connectivity index is 0. The molecule has 0 saturated heterocycles. The number of benzene rings is 1. The minimum atomic E-state index is 0. The monoisotopic (exact) mass is 236 g/mol. The SMILES string of the molecule is C=N[CH-]c1ccccc1.[CH3-].[Rh+2]. The molecular formula is C9H11NRh. The normalized spacial score (nSPS) is 6.91. The molecule has 0 aromatic heterocycles. The summed E-state index contributed by atoms with van der Waals surface area (Å²) in [5.41, 5.74) is 1.09. The minimum Gasteiger partial charge on any atom is -0.367 e. The van der Waals surface area contributed by atoms with Crippen LogP contribution in [0.3, 0.4) is 0 Å². The van der Waals surface area contributed by atoms with Crippen LogP contribution in [0.4, 0.5) is 0 Å². The van der Waals surface area contributed by atoms with Gasteiger partial charge in [0.25, 0.3) is 0 Å². The predicted molar refractivity (Wildman–Crippen MR) is 45.8 cm³/mol. The molecule has 1 aromatic carbocycles. The van der Waals surface area contributed by atoms with Crippen LogP contribution in [0.25, 0.3) is 0 Å². The van der Waals surface area contributed by atoms with Crippen LogP contribution >= 0.6 is 0 Å². The van der Waals surface area contributed by atoms with Crippen LogP contribution in [-0.2, 0) is 19.5 Å². The average Bonchev–Trinajstić information content (AvgIpc) is 1.91. The molecule has 0 unspecified atom stereocenters. The zero-order valence-electron chi connectivity index (χ0n) is 6.45. The van der Waals surface area contributed by atoms with Gasteiger partial charge in [0.1, 0.15) is 0 Å². The third-order valence-electron chi connectivity index (χ3n) is 1.04. The summed E-state index contributed by atoms with van der Waals surface area (Å²) in [4.78, 5) is 3.63. The van der Waals surface area contributed by atoms with E-state index >= 15 is 0 Å². The summed E-state index contributed by atoms with van der Waals surface area (Å²) in [5, 5.41) is 0. The third kappa shape index (κ3) is 4.74. The summed E-state index contributed by atoms with van der Waals surface area (Å²) in [7, 11) is 0. The molecule has 1 rings (SSSR count). The zero-order valence-corrected chi connectivity index (χ0v) is 8.09. The van der Waals surface area contributed by atoms with Gasteiger partial charge in [0, 0.05) is 0 Å². The summed E-state index contributed by atoms with van der Waals surface area (Å²) in [6.07, 6.45) is 0. The Morgan fingerprint density at radius 2 is 1.73 bits per heavy atom. The van der Waals surface area contributed by atoms with E-state index in [4.69, 9.17) is 0 Å². The van der Waals surface area contributed by atoms with Gasteiger partial charge in [0.05, 0.1) is 0 Å². The second-order valence-corrected chi connectivity index (χ2v) is 1.72. The molecule has 0 aliphatic rings. The van der Waals surface area contributed by atoms with E-state index in [9.17, 15) is 0 Å². The molecule has 11 heavy (non-hydrogen) atoms. The van der Waals surface area contributed by atoms with Crippen molar-refractivity contribution in [2.45, 2.75) is 0 Å². The van der Waals surface area contributed by atoms with E-state index in [-0.39, 0.29) is 26.9 Å². The van der Waals surface area contributed by atoms with E-state index in [0.717, 1.165) is 5.56 Å². The van der Waals surface area contributed by atoms with Crippen LogP contribution in [-0.4, -0.2) is 6.72 Å². The Hall–Kier alpha value is -0.617. The van der Waals surface area contributed by atoms with Crippen LogP contribution in [0.1, 0.15) is 5.56 Å². The van der Waals surface area contributed by atoms with Crippen molar-refractivity contribution in [2.24, 2.45) is 4.99 Å². The molecule has 0 aliphatic carbocycles. The molecule has 0 atom stereocenters. The van der Waals surface area contributed by atoms with Gasteiger partial charge < -0.3 is 12.4 Å². The van der Waals surface area contributed by atoms with Crippen LogP contribution in [0.2, 0.25) is 0 Å².